The van der Waals surface area contributed by atoms with E-state index in [0.29, 0.717) is 19.3 Å². The number of carbonyl (C=O) groups is 3. The summed E-state index contributed by atoms with van der Waals surface area (Å²) < 4.78 is 16.9. The van der Waals surface area contributed by atoms with Crippen LogP contribution in [0.4, 0.5) is 0 Å². The van der Waals surface area contributed by atoms with E-state index in [0.717, 1.165) is 63.7 Å². The molecule has 0 rings (SSSR count). The Morgan fingerprint density at radius 1 is 0.288 bits per heavy atom. The Morgan fingerprint density at radius 2 is 0.500 bits per heavy atom. The number of hydrogen-bond acceptors (Lipinski definition) is 6. The lowest BCUT2D eigenvalue weighted by molar-refractivity contribution is -0.167. The second-order valence-corrected chi connectivity index (χ2v) is 21.1. The smallest absolute Gasteiger partial charge is 0.306 e. The molecule has 6 nitrogen and oxygen atoms in total. The summed E-state index contributed by atoms with van der Waals surface area (Å²) >= 11 is 0. The molecule has 0 aromatic heterocycles. The second-order valence-electron chi connectivity index (χ2n) is 21.1. The molecular weight excluding hydrogens is 817 g/mol. The first kappa shape index (κ1) is 64.4. The first-order valence-corrected chi connectivity index (χ1v) is 29.9. The third kappa shape index (κ3) is 53.4. The van der Waals surface area contributed by atoms with Crippen LogP contribution < -0.4 is 0 Å². The van der Waals surface area contributed by atoms with Crippen LogP contribution in [-0.2, 0) is 28.6 Å². The minimum Gasteiger partial charge on any atom is -0.462 e. The van der Waals surface area contributed by atoms with Gasteiger partial charge < -0.3 is 14.2 Å². The van der Waals surface area contributed by atoms with Crippen molar-refractivity contribution in [1.29, 1.82) is 0 Å². The second kappa shape index (κ2) is 54.4. The molecule has 0 aliphatic heterocycles. The zero-order chi connectivity index (χ0) is 48.1. The lowest BCUT2D eigenvalue weighted by Gasteiger charge is -2.18. The molecule has 0 aliphatic carbocycles. The highest BCUT2D eigenvalue weighted by Gasteiger charge is 2.19. The fraction of sp³-hybridized carbons (Fsp3) is 0.950. The molecule has 0 amide bonds. The third-order valence-corrected chi connectivity index (χ3v) is 13.8. The van der Waals surface area contributed by atoms with Crippen LogP contribution in [0.15, 0.2) is 0 Å². The zero-order valence-corrected chi connectivity index (χ0v) is 45.2. The van der Waals surface area contributed by atoms with Crippen molar-refractivity contribution < 1.29 is 28.6 Å². The molecule has 66 heavy (non-hydrogen) atoms. The highest BCUT2D eigenvalue weighted by molar-refractivity contribution is 5.71. The van der Waals surface area contributed by atoms with Gasteiger partial charge in [0, 0.05) is 19.3 Å². The summed E-state index contributed by atoms with van der Waals surface area (Å²) in [5.41, 5.74) is 0. The van der Waals surface area contributed by atoms with E-state index in [1.54, 1.807) is 0 Å². The Labute approximate surface area is 412 Å². The molecule has 0 saturated heterocycles. The van der Waals surface area contributed by atoms with E-state index >= 15 is 0 Å². The molecule has 0 N–H and O–H groups in total. The quantitative estimate of drug-likeness (QED) is 0.0343. The average molecular weight is 934 g/mol. The molecule has 0 aliphatic rings. The van der Waals surface area contributed by atoms with Gasteiger partial charge in [0.25, 0.3) is 0 Å². The SMILES string of the molecule is CCCCCCCCCCCCCCCCCCCCCC(=O)OC[C@H](COC(=O)CCCCCCCCCCCCCCCC)OC(=O)CCCCCCCCCCCCCCC(C)C. The normalized spacial score (nSPS) is 12.0. The van der Waals surface area contributed by atoms with Gasteiger partial charge in [-0.2, -0.15) is 0 Å². The van der Waals surface area contributed by atoms with E-state index in [1.807, 2.05) is 0 Å². The Bertz CT molecular complexity index is 996. The molecular formula is C60H116O6. The van der Waals surface area contributed by atoms with Crippen LogP contribution in [0, 0.1) is 5.92 Å². The standard InChI is InChI=1S/C60H116O6/c1-5-7-9-11-13-15-17-19-21-22-23-24-25-27-32-36-40-44-48-52-59(62)65-55-57(54-64-58(61)51-47-43-39-35-31-26-20-18-16-14-12-10-8-6-2)66-60(63)53-49-45-41-37-33-29-28-30-34-38-42-46-50-56(3)4/h56-57H,5-55H2,1-4H3/t57-/m0/s1. The van der Waals surface area contributed by atoms with E-state index < -0.39 is 6.10 Å². The summed E-state index contributed by atoms with van der Waals surface area (Å²) in [5.74, 6) is -0.00138. The van der Waals surface area contributed by atoms with Crippen molar-refractivity contribution >= 4 is 17.9 Å². The molecule has 6 heteroatoms. The molecule has 0 bridgehead atoms. The molecule has 392 valence electrons. The van der Waals surface area contributed by atoms with E-state index in [1.165, 1.54) is 238 Å². The van der Waals surface area contributed by atoms with Gasteiger partial charge in [-0.3, -0.25) is 14.4 Å². The predicted molar refractivity (Wildman–Crippen MR) is 284 cm³/mol. The van der Waals surface area contributed by atoms with Crippen LogP contribution >= 0.6 is 0 Å². The average Bonchev–Trinajstić information content (AvgIpc) is 3.30. The predicted octanol–water partition coefficient (Wildman–Crippen LogP) is 19.8. The van der Waals surface area contributed by atoms with Gasteiger partial charge in [-0.15, -0.1) is 0 Å². The van der Waals surface area contributed by atoms with Crippen molar-refractivity contribution in [2.45, 2.75) is 348 Å². The van der Waals surface area contributed by atoms with E-state index in [2.05, 4.69) is 27.7 Å². The van der Waals surface area contributed by atoms with Gasteiger partial charge in [0.2, 0.25) is 0 Å². The van der Waals surface area contributed by atoms with Gasteiger partial charge in [0.1, 0.15) is 13.2 Å². The van der Waals surface area contributed by atoms with Crippen LogP contribution in [0.2, 0.25) is 0 Å². The van der Waals surface area contributed by atoms with E-state index in [9.17, 15) is 14.4 Å². The molecule has 0 aromatic rings. The Morgan fingerprint density at radius 3 is 0.742 bits per heavy atom. The minimum atomic E-state index is -0.762. The number of hydrogen-bond donors (Lipinski definition) is 0. The van der Waals surface area contributed by atoms with Gasteiger partial charge in [-0.25, -0.2) is 0 Å². The number of esters is 3. The van der Waals surface area contributed by atoms with Crippen molar-refractivity contribution in [3.05, 3.63) is 0 Å². The fourth-order valence-corrected chi connectivity index (χ4v) is 9.28. The zero-order valence-electron chi connectivity index (χ0n) is 45.2. The van der Waals surface area contributed by atoms with Gasteiger partial charge in [-0.1, -0.05) is 304 Å². The molecule has 0 heterocycles. The first-order valence-electron chi connectivity index (χ1n) is 29.9. The van der Waals surface area contributed by atoms with Gasteiger partial charge in [0.05, 0.1) is 0 Å². The van der Waals surface area contributed by atoms with Crippen molar-refractivity contribution in [1.82, 2.24) is 0 Å². The number of carbonyl (C=O) groups excluding carboxylic acids is 3. The summed E-state index contributed by atoms with van der Waals surface area (Å²) in [6.45, 7) is 9.07. The topological polar surface area (TPSA) is 78.9 Å². The highest BCUT2D eigenvalue weighted by Crippen LogP contribution is 2.18. The first-order chi connectivity index (χ1) is 32.4. The van der Waals surface area contributed by atoms with E-state index in [4.69, 9.17) is 14.2 Å². The van der Waals surface area contributed by atoms with Crippen LogP contribution in [-0.4, -0.2) is 37.2 Å². The van der Waals surface area contributed by atoms with Crippen LogP contribution in [0.1, 0.15) is 342 Å². The van der Waals surface area contributed by atoms with Crippen molar-refractivity contribution in [3.8, 4) is 0 Å². The van der Waals surface area contributed by atoms with Crippen molar-refractivity contribution in [3.63, 3.8) is 0 Å². The summed E-state index contributed by atoms with van der Waals surface area (Å²) in [6.07, 6.45) is 59.5. The summed E-state index contributed by atoms with van der Waals surface area (Å²) in [7, 11) is 0. The van der Waals surface area contributed by atoms with Gasteiger partial charge >= 0.3 is 17.9 Å². The van der Waals surface area contributed by atoms with E-state index in [-0.39, 0.29) is 31.1 Å². The molecule has 0 fully saturated rings. The third-order valence-electron chi connectivity index (χ3n) is 13.8. The number of unbranched alkanes of at least 4 members (excludes halogenated alkanes) is 42. The number of ether oxygens (including phenoxy) is 3. The van der Waals surface area contributed by atoms with Crippen LogP contribution in [0.3, 0.4) is 0 Å². The molecule has 0 spiro atoms. The molecule has 1 atom stereocenters. The minimum absolute atomic E-state index is 0.0617. The van der Waals surface area contributed by atoms with Crippen molar-refractivity contribution in [2.24, 2.45) is 5.92 Å². The molecule has 0 unspecified atom stereocenters. The molecule has 0 saturated carbocycles. The Hall–Kier alpha value is -1.59. The summed E-state index contributed by atoms with van der Waals surface area (Å²) in [5, 5.41) is 0. The van der Waals surface area contributed by atoms with Gasteiger partial charge in [0.15, 0.2) is 6.10 Å². The van der Waals surface area contributed by atoms with Crippen LogP contribution in [0.5, 0.6) is 0 Å². The Kier molecular flexibility index (Phi) is 53.0. The lowest BCUT2D eigenvalue weighted by atomic mass is 10.0. The molecule has 0 aromatic carbocycles. The van der Waals surface area contributed by atoms with Gasteiger partial charge in [-0.05, 0) is 25.2 Å². The maximum Gasteiger partial charge on any atom is 0.306 e. The van der Waals surface area contributed by atoms with Crippen molar-refractivity contribution in [2.75, 3.05) is 13.2 Å². The molecule has 0 radical (unpaired) electrons. The Balaban J connectivity index is 4.27. The van der Waals surface area contributed by atoms with Crippen LogP contribution in [0.25, 0.3) is 0 Å². The highest BCUT2D eigenvalue weighted by atomic mass is 16.6. The number of rotatable bonds is 55. The monoisotopic (exact) mass is 933 g/mol. The maximum absolute atomic E-state index is 12.9. The fourth-order valence-electron chi connectivity index (χ4n) is 9.28. The largest absolute Gasteiger partial charge is 0.462 e. The summed E-state index contributed by atoms with van der Waals surface area (Å²) in [4.78, 5) is 38.2. The lowest BCUT2D eigenvalue weighted by Crippen LogP contribution is -2.30. The maximum atomic E-state index is 12.9. The summed E-state index contributed by atoms with van der Waals surface area (Å²) in [6, 6.07) is 0.